The molecule has 9 heteroatoms. The molecule has 0 unspecified atom stereocenters. The van der Waals surface area contributed by atoms with E-state index in [0.29, 0.717) is 18.7 Å². The first-order chi connectivity index (χ1) is 9.16. The molecule has 0 bridgehead atoms. The van der Waals surface area contributed by atoms with Crippen LogP contribution in [0.2, 0.25) is 0 Å². The number of nitrogens with zero attached hydrogens (tertiary/aromatic N) is 6. The van der Waals surface area contributed by atoms with E-state index in [2.05, 4.69) is 25.8 Å². The van der Waals surface area contributed by atoms with E-state index in [1.54, 1.807) is 6.92 Å². The van der Waals surface area contributed by atoms with E-state index < -0.39 is 0 Å². The Kier molecular flexibility index (Phi) is 3.96. The molecule has 0 aliphatic carbocycles. The molecule has 0 saturated carbocycles. The number of aromatic nitrogens is 6. The van der Waals surface area contributed by atoms with Crippen molar-refractivity contribution in [1.29, 1.82) is 0 Å². The number of amides is 1. The molecule has 2 rings (SSSR count). The van der Waals surface area contributed by atoms with E-state index in [4.69, 9.17) is 0 Å². The molecule has 0 aliphatic heterocycles. The standard InChI is InChI=1S/C10H13N7O2/c1-8-4-11-6-16(10(8)19)3-2-12-9(18)5-17-7-13-14-15-17/h4,6-7H,2-3,5H2,1H3,(H,12,18). The minimum Gasteiger partial charge on any atom is -0.353 e. The highest BCUT2D eigenvalue weighted by Crippen LogP contribution is 1.85. The monoisotopic (exact) mass is 263 g/mol. The van der Waals surface area contributed by atoms with E-state index in [1.165, 1.54) is 28.1 Å². The van der Waals surface area contributed by atoms with Crippen molar-refractivity contribution in [3.63, 3.8) is 0 Å². The first kappa shape index (κ1) is 12.9. The third-order valence-electron chi connectivity index (χ3n) is 2.44. The molecule has 0 aliphatic rings. The van der Waals surface area contributed by atoms with Gasteiger partial charge >= 0.3 is 0 Å². The van der Waals surface area contributed by atoms with E-state index in [9.17, 15) is 9.59 Å². The van der Waals surface area contributed by atoms with Crippen LogP contribution in [0.1, 0.15) is 5.56 Å². The summed E-state index contributed by atoms with van der Waals surface area (Å²) in [7, 11) is 0. The quantitative estimate of drug-likeness (QED) is 0.692. The molecule has 0 atom stereocenters. The van der Waals surface area contributed by atoms with Crippen LogP contribution in [-0.2, 0) is 17.9 Å². The van der Waals surface area contributed by atoms with Crippen LogP contribution in [0.5, 0.6) is 0 Å². The van der Waals surface area contributed by atoms with Crippen LogP contribution < -0.4 is 10.9 Å². The lowest BCUT2D eigenvalue weighted by Crippen LogP contribution is -2.33. The number of carbonyl (C=O) groups is 1. The summed E-state index contributed by atoms with van der Waals surface area (Å²) in [6.45, 7) is 2.46. The van der Waals surface area contributed by atoms with Gasteiger partial charge in [-0.05, 0) is 17.4 Å². The Bertz CT molecular complexity index is 605. The number of aryl methyl sites for hydroxylation is 1. The maximum atomic E-state index is 11.7. The summed E-state index contributed by atoms with van der Waals surface area (Å²) in [6.07, 6.45) is 4.31. The third kappa shape index (κ3) is 3.44. The van der Waals surface area contributed by atoms with Crippen molar-refractivity contribution in [2.45, 2.75) is 20.0 Å². The number of hydrogen-bond acceptors (Lipinski definition) is 6. The van der Waals surface area contributed by atoms with Crippen molar-refractivity contribution < 1.29 is 4.79 Å². The van der Waals surface area contributed by atoms with Crippen molar-refractivity contribution in [2.24, 2.45) is 0 Å². The number of tetrazole rings is 1. The predicted octanol–water partition coefficient (Wildman–Crippen LogP) is -1.65. The largest absolute Gasteiger partial charge is 0.353 e. The van der Waals surface area contributed by atoms with Gasteiger partial charge in [0.25, 0.3) is 5.56 Å². The second-order valence-electron chi connectivity index (χ2n) is 3.93. The van der Waals surface area contributed by atoms with Crippen LogP contribution in [0.3, 0.4) is 0 Å². The molecule has 2 heterocycles. The molecule has 1 amide bonds. The van der Waals surface area contributed by atoms with Gasteiger partial charge in [0, 0.05) is 24.8 Å². The average Bonchev–Trinajstić information content (AvgIpc) is 2.87. The van der Waals surface area contributed by atoms with Crippen molar-refractivity contribution in [3.8, 4) is 0 Å². The zero-order valence-corrected chi connectivity index (χ0v) is 10.4. The highest BCUT2D eigenvalue weighted by atomic mass is 16.2. The summed E-state index contributed by atoms with van der Waals surface area (Å²) in [5.74, 6) is -0.221. The Morgan fingerprint density at radius 3 is 3.00 bits per heavy atom. The fourth-order valence-electron chi connectivity index (χ4n) is 1.49. The second kappa shape index (κ2) is 5.85. The molecule has 2 aromatic rings. The molecule has 9 nitrogen and oxygen atoms in total. The number of carbonyl (C=O) groups excluding carboxylic acids is 1. The normalized spacial score (nSPS) is 10.4. The Labute approximate surface area is 108 Å². The van der Waals surface area contributed by atoms with Crippen molar-refractivity contribution in [1.82, 2.24) is 35.1 Å². The van der Waals surface area contributed by atoms with E-state index >= 15 is 0 Å². The molecule has 0 saturated heterocycles. The van der Waals surface area contributed by atoms with Crippen molar-refractivity contribution in [2.75, 3.05) is 6.54 Å². The lowest BCUT2D eigenvalue weighted by molar-refractivity contribution is -0.121. The topological polar surface area (TPSA) is 108 Å². The van der Waals surface area contributed by atoms with Gasteiger partial charge in [0.05, 0.1) is 6.33 Å². The lowest BCUT2D eigenvalue weighted by atomic mass is 10.4. The Morgan fingerprint density at radius 2 is 2.26 bits per heavy atom. The van der Waals surface area contributed by atoms with Gasteiger partial charge in [-0.2, -0.15) is 0 Å². The molecular formula is C10H13N7O2. The second-order valence-corrected chi connectivity index (χ2v) is 3.93. The Hall–Kier alpha value is -2.58. The highest BCUT2D eigenvalue weighted by Gasteiger charge is 2.04. The molecule has 0 fully saturated rings. The van der Waals surface area contributed by atoms with Gasteiger partial charge < -0.3 is 5.32 Å². The van der Waals surface area contributed by atoms with Gasteiger partial charge in [-0.1, -0.05) is 0 Å². The predicted molar refractivity (Wildman–Crippen MR) is 64.1 cm³/mol. The van der Waals surface area contributed by atoms with Gasteiger partial charge in [-0.25, -0.2) is 9.67 Å². The SMILES string of the molecule is Cc1cncn(CCNC(=O)Cn2cnnn2)c1=O. The molecule has 2 aromatic heterocycles. The van der Waals surface area contributed by atoms with E-state index in [0.717, 1.165) is 0 Å². The first-order valence-electron chi connectivity index (χ1n) is 5.65. The van der Waals surface area contributed by atoms with Crippen molar-refractivity contribution in [3.05, 3.63) is 34.8 Å². The molecule has 0 aromatic carbocycles. The minimum absolute atomic E-state index is 0.0496. The summed E-state index contributed by atoms with van der Waals surface area (Å²) >= 11 is 0. The summed E-state index contributed by atoms with van der Waals surface area (Å²) in [5.41, 5.74) is 0.465. The molecule has 0 spiro atoms. The van der Waals surface area contributed by atoms with Gasteiger partial charge in [0.2, 0.25) is 5.91 Å². The first-order valence-corrected chi connectivity index (χ1v) is 5.65. The van der Waals surface area contributed by atoms with Gasteiger partial charge in [-0.15, -0.1) is 5.10 Å². The maximum Gasteiger partial charge on any atom is 0.256 e. The van der Waals surface area contributed by atoms with Crippen LogP contribution in [-0.4, -0.2) is 42.2 Å². The summed E-state index contributed by atoms with van der Waals surface area (Å²) in [6, 6.07) is 0. The maximum absolute atomic E-state index is 11.7. The summed E-state index contributed by atoms with van der Waals surface area (Å²) in [5, 5.41) is 13.1. The van der Waals surface area contributed by atoms with Gasteiger partial charge in [-0.3, -0.25) is 14.2 Å². The van der Waals surface area contributed by atoms with Crippen LogP contribution in [0.15, 0.2) is 23.6 Å². The van der Waals surface area contributed by atoms with Crippen LogP contribution >= 0.6 is 0 Å². The van der Waals surface area contributed by atoms with Crippen LogP contribution in [0.25, 0.3) is 0 Å². The average molecular weight is 263 g/mol. The summed E-state index contributed by atoms with van der Waals surface area (Å²) in [4.78, 5) is 27.1. The Balaban J connectivity index is 1.82. The molecule has 0 radical (unpaired) electrons. The molecular weight excluding hydrogens is 250 g/mol. The van der Waals surface area contributed by atoms with Crippen LogP contribution in [0.4, 0.5) is 0 Å². The fraction of sp³-hybridized carbons (Fsp3) is 0.400. The highest BCUT2D eigenvalue weighted by molar-refractivity contribution is 5.75. The molecule has 19 heavy (non-hydrogen) atoms. The zero-order valence-electron chi connectivity index (χ0n) is 10.4. The minimum atomic E-state index is -0.221. The fourth-order valence-corrected chi connectivity index (χ4v) is 1.49. The number of hydrogen-bond donors (Lipinski definition) is 1. The number of nitrogens with one attached hydrogen (secondary N) is 1. The Morgan fingerprint density at radius 1 is 1.42 bits per heavy atom. The zero-order chi connectivity index (χ0) is 13.7. The summed E-state index contributed by atoms with van der Waals surface area (Å²) < 4.78 is 2.77. The van der Waals surface area contributed by atoms with Crippen LogP contribution in [0, 0.1) is 6.92 Å². The lowest BCUT2D eigenvalue weighted by Gasteiger charge is -2.07. The van der Waals surface area contributed by atoms with E-state index in [1.807, 2.05) is 0 Å². The molecule has 1 N–H and O–H groups in total. The third-order valence-corrected chi connectivity index (χ3v) is 2.44. The number of rotatable bonds is 5. The van der Waals surface area contributed by atoms with E-state index in [-0.39, 0.29) is 18.0 Å². The van der Waals surface area contributed by atoms with Crippen molar-refractivity contribution >= 4 is 5.91 Å². The smallest absolute Gasteiger partial charge is 0.256 e. The van der Waals surface area contributed by atoms with Gasteiger partial charge in [0.15, 0.2) is 0 Å². The van der Waals surface area contributed by atoms with Gasteiger partial charge in [0.1, 0.15) is 12.9 Å². The molecule has 100 valence electrons.